The van der Waals surface area contributed by atoms with E-state index in [2.05, 4.69) is 22.5 Å². The third-order valence-corrected chi connectivity index (χ3v) is 10.1. The van der Waals surface area contributed by atoms with Crippen molar-refractivity contribution in [1.29, 1.82) is 0 Å². The zero-order valence-corrected chi connectivity index (χ0v) is 23.3. The molecule has 2 aliphatic heterocycles. The summed E-state index contributed by atoms with van der Waals surface area (Å²) < 4.78 is 28.3. The van der Waals surface area contributed by atoms with Crippen molar-refractivity contribution in [3.8, 4) is 0 Å². The first-order valence-electron chi connectivity index (χ1n) is 12.9. The maximum atomic E-state index is 13.4. The molecule has 38 heavy (non-hydrogen) atoms. The minimum Gasteiger partial charge on any atom is -0.355 e. The summed E-state index contributed by atoms with van der Waals surface area (Å²) in [6.45, 7) is 5.20. The Labute approximate surface area is 227 Å². The number of para-hydroxylation sites is 1. The second-order valence-electron chi connectivity index (χ2n) is 9.60. The number of hydrogen-bond donors (Lipinski definition) is 2. The van der Waals surface area contributed by atoms with Gasteiger partial charge in [-0.15, -0.1) is 11.3 Å². The number of fused-ring (bicyclic) bond motifs is 2. The van der Waals surface area contributed by atoms with Crippen LogP contribution in [-0.4, -0.2) is 51.8 Å². The molecule has 2 aromatic carbocycles. The van der Waals surface area contributed by atoms with Crippen molar-refractivity contribution in [3.05, 3.63) is 75.7 Å². The van der Waals surface area contributed by atoms with Crippen LogP contribution in [0.3, 0.4) is 0 Å². The summed E-state index contributed by atoms with van der Waals surface area (Å²) in [6, 6.07) is 13.6. The number of rotatable bonds is 7. The summed E-state index contributed by atoms with van der Waals surface area (Å²) in [6.07, 6.45) is 3.42. The van der Waals surface area contributed by atoms with Crippen LogP contribution >= 0.6 is 11.3 Å². The maximum Gasteiger partial charge on any atom is 0.264 e. The molecule has 3 aromatic rings. The van der Waals surface area contributed by atoms with E-state index < -0.39 is 10.0 Å². The molecule has 0 saturated carbocycles. The number of nitrogens with one attached hydrogen (secondary N) is 2. The van der Waals surface area contributed by atoms with E-state index in [1.165, 1.54) is 39.9 Å². The highest BCUT2D eigenvalue weighted by Gasteiger charge is 2.30. The van der Waals surface area contributed by atoms with Crippen LogP contribution in [0.2, 0.25) is 0 Å². The van der Waals surface area contributed by atoms with Gasteiger partial charge in [0.05, 0.1) is 16.1 Å². The van der Waals surface area contributed by atoms with E-state index >= 15 is 0 Å². The van der Waals surface area contributed by atoms with Gasteiger partial charge in [0.1, 0.15) is 5.00 Å². The van der Waals surface area contributed by atoms with Gasteiger partial charge >= 0.3 is 0 Å². The first-order chi connectivity index (χ1) is 18.3. The Morgan fingerprint density at radius 1 is 1.00 bits per heavy atom. The van der Waals surface area contributed by atoms with Crippen molar-refractivity contribution in [1.82, 2.24) is 10.2 Å². The number of benzene rings is 2. The standard InChI is InChI=1S/C28H32N4O4S2/c1-3-15-31-17-14-22-24(18-31)37-28(25(22)27(34)29-2)30-26(33)20-10-12-21(13-11-20)38(35,36)32-16-6-8-19-7-4-5-9-23(19)32/h4-5,7,9-13H,3,6,8,14-18H2,1-2H3,(H,29,34)(H,30,33). The number of carbonyl (C=O) groups is 2. The second-order valence-corrected chi connectivity index (χ2v) is 12.6. The summed E-state index contributed by atoms with van der Waals surface area (Å²) in [5, 5.41) is 6.15. The van der Waals surface area contributed by atoms with E-state index in [0.29, 0.717) is 28.4 Å². The highest BCUT2D eigenvalue weighted by atomic mass is 32.2. The third kappa shape index (κ3) is 4.95. The molecule has 2 aliphatic rings. The van der Waals surface area contributed by atoms with E-state index in [4.69, 9.17) is 0 Å². The molecule has 0 spiro atoms. The molecule has 0 atom stereocenters. The first-order valence-corrected chi connectivity index (χ1v) is 15.2. The summed E-state index contributed by atoms with van der Waals surface area (Å²) in [5.74, 6) is -0.601. The van der Waals surface area contributed by atoms with Crippen molar-refractivity contribution in [2.24, 2.45) is 0 Å². The van der Waals surface area contributed by atoms with Gasteiger partial charge in [-0.25, -0.2) is 8.42 Å². The molecule has 0 fully saturated rings. The molecule has 0 bridgehead atoms. The van der Waals surface area contributed by atoms with Crippen molar-refractivity contribution in [2.75, 3.05) is 36.3 Å². The molecule has 0 unspecified atom stereocenters. The molecule has 2 N–H and O–H groups in total. The quantitative estimate of drug-likeness (QED) is 0.456. The van der Waals surface area contributed by atoms with E-state index in [1.54, 1.807) is 7.05 Å². The zero-order chi connectivity index (χ0) is 26.9. The lowest BCUT2D eigenvalue weighted by Crippen LogP contribution is -2.35. The molecular weight excluding hydrogens is 520 g/mol. The minimum atomic E-state index is -3.76. The Morgan fingerprint density at radius 2 is 1.76 bits per heavy atom. The van der Waals surface area contributed by atoms with E-state index in [1.807, 2.05) is 24.3 Å². The number of aryl methyl sites for hydroxylation is 1. The van der Waals surface area contributed by atoms with Gasteiger partial charge in [0.2, 0.25) is 0 Å². The molecule has 0 aliphatic carbocycles. The van der Waals surface area contributed by atoms with Gasteiger partial charge in [-0.05, 0) is 73.7 Å². The summed E-state index contributed by atoms with van der Waals surface area (Å²) in [4.78, 5) is 29.5. The fourth-order valence-corrected chi connectivity index (χ4v) is 8.07. The van der Waals surface area contributed by atoms with E-state index in [9.17, 15) is 18.0 Å². The molecule has 0 radical (unpaired) electrons. The average molecular weight is 553 g/mol. The Morgan fingerprint density at radius 3 is 2.50 bits per heavy atom. The van der Waals surface area contributed by atoms with Gasteiger partial charge in [0.25, 0.3) is 21.8 Å². The van der Waals surface area contributed by atoms with Crippen LogP contribution in [0.15, 0.2) is 53.4 Å². The van der Waals surface area contributed by atoms with Crippen LogP contribution in [-0.2, 0) is 29.4 Å². The van der Waals surface area contributed by atoms with Gasteiger partial charge in [0, 0.05) is 37.1 Å². The Bertz CT molecular complexity index is 1460. The average Bonchev–Trinajstić information content (AvgIpc) is 3.29. The first kappa shape index (κ1) is 26.4. The lowest BCUT2D eigenvalue weighted by Gasteiger charge is -2.30. The normalized spacial score (nSPS) is 15.5. The molecule has 8 nitrogen and oxygen atoms in total. The Balaban J connectivity index is 1.37. The van der Waals surface area contributed by atoms with Gasteiger partial charge in [-0.3, -0.25) is 18.8 Å². The monoisotopic (exact) mass is 552 g/mol. The SMILES string of the molecule is CCCN1CCc2c(sc(NC(=O)c3ccc(S(=O)(=O)N4CCCc5ccccc54)cc3)c2C(=O)NC)C1. The topological polar surface area (TPSA) is 98.8 Å². The van der Waals surface area contributed by atoms with Crippen LogP contribution < -0.4 is 14.9 Å². The number of thiophene rings is 1. The van der Waals surface area contributed by atoms with Gasteiger partial charge in [0.15, 0.2) is 0 Å². The van der Waals surface area contributed by atoms with E-state index in [-0.39, 0.29) is 16.7 Å². The Kier molecular flexibility index (Phi) is 7.56. The van der Waals surface area contributed by atoms with E-state index in [0.717, 1.165) is 61.3 Å². The van der Waals surface area contributed by atoms with Crippen LogP contribution in [0.5, 0.6) is 0 Å². The highest BCUT2D eigenvalue weighted by molar-refractivity contribution is 7.92. The molecular formula is C28H32N4O4S2. The fourth-order valence-electron chi connectivity index (χ4n) is 5.25. The van der Waals surface area contributed by atoms with Gasteiger partial charge < -0.3 is 10.6 Å². The zero-order valence-electron chi connectivity index (χ0n) is 21.6. The predicted octanol–water partition coefficient (Wildman–Crippen LogP) is 4.27. The van der Waals surface area contributed by atoms with Crippen LogP contribution in [0.1, 0.15) is 56.5 Å². The van der Waals surface area contributed by atoms with Crippen molar-refractivity contribution in [3.63, 3.8) is 0 Å². The molecule has 3 heterocycles. The molecule has 5 rings (SSSR count). The van der Waals surface area contributed by atoms with Crippen LogP contribution in [0.25, 0.3) is 0 Å². The highest BCUT2D eigenvalue weighted by Crippen LogP contribution is 2.38. The number of anilines is 2. The fraction of sp³-hybridized carbons (Fsp3) is 0.357. The molecule has 2 amide bonds. The van der Waals surface area contributed by atoms with Gasteiger partial charge in [-0.1, -0.05) is 25.1 Å². The molecule has 0 saturated heterocycles. The number of amides is 2. The summed E-state index contributed by atoms with van der Waals surface area (Å²) in [5.41, 5.74) is 3.58. The largest absolute Gasteiger partial charge is 0.355 e. The molecule has 1 aromatic heterocycles. The summed E-state index contributed by atoms with van der Waals surface area (Å²) >= 11 is 1.44. The summed E-state index contributed by atoms with van der Waals surface area (Å²) in [7, 11) is -2.18. The molecule has 10 heteroatoms. The number of nitrogens with zero attached hydrogens (tertiary/aromatic N) is 2. The lowest BCUT2D eigenvalue weighted by atomic mass is 10.0. The van der Waals surface area contributed by atoms with Gasteiger partial charge in [-0.2, -0.15) is 0 Å². The Hall–Kier alpha value is -3.21. The minimum absolute atomic E-state index is 0.138. The van der Waals surface area contributed by atoms with Crippen LogP contribution in [0.4, 0.5) is 10.7 Å². The third-order valence-electron chi connectivity index (χ3n) is 7.13. The number of hydrogen-bond acceptors (Lipinski definition) is 6. The van der Waals surface area contributed by atoms with Crippen molar-refractivity contribution < 1.29 is 18.0 Å². The molecule has 200 valence electrons. The van der Waals surface area contributed by atoms with Crippen molar-refractivity contribution >= 4 is 43.9 Å². The number of sulfonamides is 1. The van der Waals surface area contributed by atoms with Crippen molar-refractivity contribution in [2.45, 2.75) is 44.0 Å². The second kappa shape index (κ2) is 10.9. The maximum absolute atomic E-state index is 13.4. The van der Waals surface area contributed by atoms with Crippen LogP contribution in [0, 0.1) is 0 Å². The smallest absolute Gasteiger partial charge is 0.264 e. The predicted molar refractivity (Wildman–Crippen MR) is 151 cm³/mol. The number of carbonyl (C=O) groups excluding carboxylic acids is 2. The lowest BCUT2D eigenvalue weighted by molar-refractivity contribution is 0.0962.